The van der Waals surface area contributed by atoms with Crippen LogP contribution in [0.2, 0.25) is 0 Å². The molecule has 1 heterocycles. The first-order chi connectivity index (χ1) is 14.1. The number of aliphatic hydroxyl groups excluding tert-OH is 2. The van der Waals surface area contributed by atoms with Crippen LogP contribution in [0.15, 0.2) is 63.9 Å². The van der Waals surface area contributed by atoms with Gasteiger partial charge in [-0.25, -0.2) is 0 Å². The second kappa shape index (κ2) is 9.49. The SMILES string of the molecule is C=C/C(C(=O)N(C)C)=C(O)\C(=C/C)NC1=C(NCc2cc(C(C)C)co2)C(O)C1=O. The zero-order chi connectivity index (χ0) is 22.6. The first-order valence-corrected chi connectivity index (χ1v) is 9.60. The summed E-state index contributed by atoms with van der Waals surface area (Å²) in [6, 6.07) is 1.91. The number of furan rings is 1. The molecule has 1 aliphatic carbocycles. The first kappa shape index (κ1) is 23.0. The summed E-state index contributed by atoms with van der Waals surface area (Å²) in [5, 5.41) is 26.4. The van der Waals surface area contributed by atoms with E-state index in [1.807, 2.05) is 6.07 Å². The minimum absolute atomic E-state index is 0.0140. The van der Waals surface area contributed by atoms with Crippen LogP contribution >= 0.6 is 0 Å². The Morgan fingerprint density at radius 3 is 2.57 bits per heavy atom. The van der Waals surface area contributed by atoms with Gasteiger partial charge in [0.05, 0.1) is 29.8 Å². The number of ketones is 1. The Kier molecular flexibility index (Phi) is 7.28. The largest absolute Gasteiger partial charge is 0.505 e. The van der Waals surface area contributed by atoms with Crippen LogP contribution < -0.4 is 10.6 Å². The van der Waals surface area contributed by atoms with E-state index in [4.69, 9.17) is 4.42 Å². The van der Waals surface area contributed by atoms with Gasteiger partial charge in [0.1, 0.15) is 11.5 Å². The number of hydrogen-bond donors (Lipinski definition) is 4. The van der Waals surface area contributed by atoms with Crippen LogP contribution in [0.3, 0.4) is 0 Å². The molecule has 0 aromatic carbocycles. The Bertz CT molecular complexity index is 934. The summed E-state index contributed by atoms with van der Waals surface area (Å²) in [5.74, 6) is -0.317. The molecule has 4 N–H and O–H groups in total. The summed E-state index contributed by atoms with van der Waals surface area (Å²) in [6.07, 6.45) is 3.15. The van der Waals surface area contributed by atoms with Gasteiger partial charge in [0.25, 0.3) is 5.91 Å². The molecule has 1 aliphatic rings. The molecule has 2 rings (SSSR count). The second-order valence-electron chi connectivity index (χ2n) is 7.40. The molecule has 1 aromatic rings. The summed E-state index contributed by atoms with van der Waals surface area (Å²) in [6.45, 7) is 9.60. The monoisotopic (exact) mass is 415 g/mol. The number of carbonyl (C=O) groups excluding carboxylic acids is 2. The van der Waals surface area contributed by atoms with Gasteiger partial charge in [0.2, 0.25) is 5.78 Å². The quantitative estimate of drug-likeness (QED) is 0.278. The number of amides is 1. The Morgan fingerprint density at radius 2 is 2.07 bits per heavy atom. The molecule has 0 saturated heterocycles. The number of rotatable bonds is 9. The van der Waals surface area contributed by atoms with Crippen molar-refractivity contribution in [3.63, 3.8) is 0 Å². The highest BCUT2D eigenvalue weighted by Gasteiger charge is 2.39. The van der Waals surface area contributed by atoms with Crippen LogP contribution in [0.5, 0.6) is 0 Å². The fourth-order valence-corrected chi connectivity index (χ4v) is 2.82. The van der Waals surface area contributed by atoms with Crippen LogP contribution in [0.25, 0.3) is 0 Å². The van der Waals surface area contributed by atoms with Crippen molar-refractivity contribution < 1.29 is 24.2 Å². The van der Waals surface area contributed by atoms with Crippen LogP contribution in [-0.4, -0.2) is 47.0 Å². The number of likely N-dealkylation sites (N-methyl/N-ethyl adjacent to an activating group) is 1. The zero-order valence-electron chi connectivity index (χ0n) is 17.9. The van der Waals surface area contributed by atoms with Gasteiger partial charge < -0.3 is 30.2 Å². The van der Waals surface area contributed by atoms with Crippen molar-refractivity contribution in [2.45, 2.75) is 39.3 Å². The number of hydrogen-bond acceptors (Lipinski definition) is 7. The van der Waals surface area contributed by atoms with Gasteiger partial charge in [-0.1, -0.05) is 32.6 Å². The van der Waals surface area contributed by atoms with E-state index >= 15 is 0 Å². The topological polar surface area (TPSA) is 115 Å². The average Bonchev–Trinajstić information content (AvgIpc) is 3.19. The molecule has 0 bridgehead atoms. The molecular weight excluding hydrogens is 386 g/mol. The Balaban J connectivity index is 2.23. The van der Waals surface area contributed by atoms with E-state index < -0.39 is 17.8 Å². The van der Waals surface area contributed by atoms with E-state index in [2.05, 4.69) is 31.1 Å². The Hall–Kier alpha value is -3.26. The maximum Gasteiger partial charge on any atom is 0.257 e. The van der Waals surface area contributed by atoms with E-state index in [1.54, 1.807) is 27.3 Å². The molecule has 30 heavy (non-hydrogen) atoms. The molecule has 162 valence electrons. The van der Waals surface area contributed by atoms with Gasteiger partial charge in [-0.05, 0) is 24.5 Å². The van der Waals surface area contributed by atoms with Gasteiger partial charge in [-0.2, -0.15) is 0 Å². The van der Waals surface area contributed by atoms with Crippen LogP contribution in [0.4, 0.5) is 0 Å². The predicted octanol–water partition coefficient (Wildman–Crippen LogP) is 2.23. The molecule has 0 radical (unpaired) electrons. The van der Waals surface area contributed by atoms with E-state index in [0.29, 0.717) is 11.7 Å². The Morgan fingerprint density at radius 1 is 1.40 bits per heavy atom. The van der Waals surface area contributed by atoms with Crippen LogP contribution in [0, 0.1) is 0 Å². The molecule has 8 nitrogen and oxygen atoms in total. The number of carbonyl (C=O) groups is 2. The number of allylic oxidation sites excluding steroid dienone is 1. The van der Waals surface area contributed by atoms with Crippen molar-refractivity contribution in [1.82, 2.24) is 15.5 Å². The average molecular weight is 415 g/mol. The molecule has 1 atom stereocenters. The fourth-order valence-electron chi connectivity index (χ4n) is 2.82. The second-order valence-corrected chi connectivity index (χ2v) is 7.40. The standard InChI is InChI=1S/C22H29N3O5/c1-7-15(22(29)25(5)6)19(26)16(8-2)24-18-17(20(27)21(18)28)23-10-14-9-13(11-30-14)12(3)4/h7-9,11-12,20,23-24,26-27H,1,10H2,2-6H3/b16-8+,19-15-. The number of nitrogens with zero attached hydrogens (tertiary/aromatic N) is 1. The lowest BCUT2D eigenvalue weighted by Crippen LogP contribution is -2.47. The smallest absolute Gasteiger partial charge is 0.257 e. The lowest BCUT2D eigenvalue weighted by molar-refractivity contribution is -0.125. The molecular formula is C22H29N3O5. The molecule has 1 amide bonds. The van der Waals surface area contributed by atoms with Crippen molar-refractivity contribution in [3.05, 3.63) is 70.8 Å². The van der Waals surface area contributed by atoms with Gasteiger partial charge in [-0.3, -0.25) is 9.59 Å². The highest BCUT2D eigenvalue weighted by atomic mass is 16.3. The Labute approximate surface area is 176 Å². The van der Waals surface area contributed by atoms with E-state index in [-0.39, 0.29) is 35.0 Å². The number of aliphatic hydroxyl groups is 2. The highest BCUT2D eigenvalue weighted by molar-refractivity contribution is 6.08. The highest BCUT2D eigenvalue weighted by Crippen LogP contribution is 2.25. The predicted molar refractivity (Wildman–Crippen MR) is 113 cm³/mol. The van der Waals surface area contributed by atoms with Gasteiger partial charge >= 0.3 is 0 Å². The van der Waals surface area contributed by atoms with Crippen molar-refractivity contribution in [1.29, 1.82) is 0 Å². The van der Waals surface area contributed by atoms with Crippen molar-refractivity contribution in [2.24, 2.45) is 0 Å². The summed E-state index contributed by atoms with van der Waals surface area (Å²) in [5.41, 5.74) is 1.58. The molecule has 0 spiro atoms. The lowest BCUT2D eigenvalue weighted by atomic mass is 9.94. The molecule has 0 saturated carbocycles. The van der Waals surface area contributed by atoms with Crippen molar-refractivity contribution >= 4 is 11.7 Å². The summed E-state index contributed by atoms with van der Waals surface area (Å²) in [4.78, 5) is 25.7. The molecule has 1 unspecified atom stereocenters. The molecule has 8 heteroatoms. The maximum absolute atomic E-state index is 12.2. The van der Waals surface area contributed by atoms with E-state index in [1.165, 1.54) is 17.1 Å². The third-order valence-corrected chi connectivity index (χ3v) is 4.73. The van der Waals surface area contributed by atoms with Gasteiger partial charge in [0, 0.05) is 14.1 Å². The van der Waals surface area contributed by atoms with Crippen LogP contribution in [-0.2, 0) is 16.1 Å². The van der Waals surface area contributed by atoms with Crippen molar-refractivity contribution in [3.8, 4) is 0 Å². The lowest BCUT2D eigenvalue weighted by Gasteiger charge is -2.30. The summed E-state index contributed by atoms with van der Waals surface area (Å²) in [7, 11) is 3.11. The molecule has 1 aromatic heterocycles. The van der Waals surface area contributed by atoms with E-state index in [9.17, 15) is 19.8 Å². The summed E-state index contributed by atoms with van der Waals surface area (Å²) < 4.78 is 5.49. The third kappa shape index (κ3) is 4.65. The fraction of sp³-hybridized carbons (Fsp3) is 0.364. The van der Waals surface area contributed by atoms with E-state index in [0.717, 1.165) is 5.56 Å². The number of nitrogens with one attached hydrogen (secondary N) is 2. The number of Topliss-reactive ketones (excluding diaryl/α,β-unsaturated/α-hetero) is 1. The zero-order valence-corrected chi connectivity index (χ0v) is 17.9. The van der Waals surface area contributed by atoms with Gasteiger partial charge in [0.15, 0.2) is 11.9 Å². The molecule has 0 aliphatic heterocycles. The minimum atomic E-state index is -1.29. The van der Waals surface area contributed by atoms with Crippen molar-refractivity contribution in [2.75, 3.05) is 14.1 Å². The normalized spacial score (nSPS) is 17.5. The first-order valence-electron chi connectivity index (χ1n) is 9.60. The third-order valence-electron chi connectivity index (χ3n) is 4.73. The summed E-state index contributed by atoms with van der Waals surface area (Å²) >= 11 is 0. The minimum Gasteiger partial charge on any atom is -0.505 e. The maximum atomic E-state index is 12.2. The van der Waals surface area contributed by atoms with Crippen LogP contribution in [0.1, 0.15) is 38.0 Å². The molecule has 0 fully saturated rings. The van der Waals surface area contributed by atoms with Gasteiger partial charge in [-0.15, -0.1) is 0 Å².